The second-order valence-electron chi connectivity index (χ2n) is 1.36. The monoisotopic (exact) mass is 145 g/mol. The third-order valence-electron chi connectivity index (χ3n) is 0.672. The first-order chi connectivity index (χ1) is 4.20. The number of nitrogens with zero attached hydrogens (tertiary/aromatic N) is 3. The van der Waals surface area contributed by atoms with E-state index in [4.69, 9.17) is 0 Å². The average molecular weight is 145 g/mol. The summed E-state index contributed by atoms with van der Waals surface area (Å²) in [4.78, 5) is 9.38. The van der Waals surface area contributed by atoms with Crippen LogP contribution in [0.4, 0.5) is 5.13 Å². The summed E-state index contributed by atoms with van der Waals surface area (Å²) in [5.41, 5.74) is 0. The van der Waals surface area contributed by atoms with Crippen LogP contribution in [0.15, 0.2) is 0 Å². The molecule has 0 radical (unpaired) electrons. The van der Waals surface area contributed by atoms with Crippen LogP contribution in [-0.4, -0.2) is 15.1 Å². The molecule has 1 aromatic rings. The van der Waals surface area contributed by atoms with Crippen LogP contribution in [0, 0.1) is 17.0 Å². The first kappa shape index (κ1) is 6.09. The molecule has 0 saturated carbocycles. The van der Waals surface area contributed by atoms with Crippen LogP contribution in [0.2, 0.25) is 0 Å². The zero-order valence-electron chi connectivity index (χ0n) is 4.57. The normalized spacial score (nSPS) is 9.44. The van der Waals surface area contributed by atoms with E-state index in [-0.39, 0.29) is 5.13 Å². The fourth-order valence-electron chi connectivity index (χ4n) is 0.360. The third kappa shape index (κ3) is 1.20. The molecule has 1 aromatic heterocycles. The minimum Gasteiger partial charge on any atom is -0.357 e. The van der Waals surface area contributed by atoms with Crippen LogP contribution in [0.5, 0.6) is 0 Å². The van der Waals surface area contributed by atoms with E-state index in [0.29, 0.717) is 5.01 Å². The van der Waals surface area contributed by atoms with Gasteiger partial charge in [0.15, 0.2) is 0 Å². The molecular formula is C3H3N3O2S. The van der Waals surface area contributed by atoms with Gasteiger partial charge in [-0.3, -0.25) is 0 Å². The van der Waals surface area contributed by atoms with Gasteiger partial charge in [0.05, 0.1) is 5.10 Å². The van der Waals surface area contributed by atoms with Crippen molar-refractivity contribution in [3.8, 4) is 0 Å². The molecule has 0 aromatic carbocycles. The molecule has 0 spiro atoms. The van der Waals surface area contributed by atoms with Crippen molar-refractivity contribution in [1.29, 1.82) is 0 Å². The van der Waals surface area contributed by atoms with Crippen molar-refractivity contribution in [2.24, 2.45) is 0 Å². The zero-order valence-corrected chi connectivity index (χ0v) is 5.38. The van der Waals surface area contributed by atoms with E-state index >= 15 is 0 Å². The summed E-state index contributed by atoms with van der Waals surface area (Å²) in [5, 5.41) is 17.1. The number of aromatic nitrogens is 2. The molecule has 0 N–H and O–H groups in total. The molecular weight excluding hydrogens is 142 g/mol. The average Bonchev–Trinajstić information content (AvgIpc) is 2.14. The Bertz CT molecular complexity index is 233. The van der Waals surface area contributed by atoms with Gasteiger partial charge >= 0.3 is 5.13 Å². The van der Waals surface area contributed by atoms with Crippen molar-refractivity contribution >= 4 is 16.5 Å². The highest BCUT2D eigenvalue weighted by molar-refractivity contribution is 7.14. The zero-order chi connectivity index (χ0) is 6.85. The largest absolute Gasteiger partial charge is 0.450 e. The molecule has 0 amide bonds. The van der Waals surface area contributed by atoms with Crippen molar-refractivity contribution in [3.05, 3.63) is 15.1 Å². The Balaban J connectivity index is 2.98. The second-order valence-corrected chi connectivity index (χ2v) is 2.52. The predicted molar refractivity (Wildman–Crippen MR) is 31.3 cm³/mol. The van der Waals surface area contributed by atoms with E-state index < -0.39 is 4.92 Å². The van der Waals surface area contributed by atoms with Crippen LogP contribution < -0.4 is 0 Å². The Hall–Kier alpha value is -1.04. The number of nitro groups is 1. The Morgan fingerprint density at radius 1 is 1.67 bits per heavy atom. The number of rotatable bonds is 1. The highest BCUT2D eigenvalue weighted by atomic mass is 32.1. The third-order valence-corrected chi connectivity index (χ3v) is 1.46. The molecule has 0 saturated heterocycles. The van der Waals surface area contributed by atoms with E-state index in [9.17, 15) is 10.1 Å². The molecule has 9 heavy (non-hydrogen) atoms. The maximum Gasteiger partial charge on any atom is 0.450 e. The molecule has 1 rings (SSSR count). The van der Waals surface area contributed by atoms with Gasteiger partial charge < -0.3 is 10.1 Å². The first-order valence-electron chi connectivity index (χ1n) is 2.14. The molecule has 0 fully saturated rings. The highest BCUT2D eigenvalue weighted by Crippen LogP contribution is 2.15. The van der Waals surface area contributed by atoms with Crippen molar-refractivity contribution < 1.29 is 4.92 Å². The minimum atomic E-state index is -0.551. The Kier molecular flexibility index (Phi) is 1.39. The van der Waals surface area contributed by atoms with Gasteiger partial charge in [-0.05, 0) is 28.3 Å². The van der Waals surface area contributed by atoms with Gasteiger partial charge in [-0.2, -0.15) is 0 Å². The second kappa shape index (κ2) is 2.06. The van der Waals surface area contributed by atoms with Crippen LogP contribution in [-0.2, 0) is 0 Å². The smallest absolute Gasteiger partial charge is 0.357 e. The summed E-state index contributed by atoms with van der Waals surface area (Å²) in [6.07, 6.45) is 0. The van der Waals surface area contributed by atoms with E-state index in [1.54, 1.807) is 6.92 Å². The Morgan fingerprint density at radius 3 is 2.56 bits per heavy atom. The van der Waals surface area contributed by atoms with Crippen LogP contribution >= 0.6 is 11.3 Å². The minimum absolute atomic E-state index is 0.146. The van der Waals surface area contributed by atoms with Gasteiger partial charge in [-0.25, -0.2) is 0 Å². The Labute approximate surface area is 54.5 Å². The fourth-order valence-corrected chi connectivity index (χ4v) is 0.862. The summed E-state index contributed by atoms with van der Waals surface area (Å²) in [6.45, 7) is 1.67. The summed E-state index contributed by atoms with van der Waals surface area (Å²) in [7, 11) is 0. The van der Waals surface area contributed by atoms with Gasteiger partial charge in [0.2, 0.25) is 0 Å². The Morgan fingerprint density at radius 2 is 2.33 bits per heavy atom. The van der Waals surface area contributed by atoms with Crippen LogP contribution in [0.25, 0.3) is 0 Å². The lowest BCUT2D eigenvalue weighted by atomic mass is 10.9. The number of aryl methyl sites for hydroxylation is 1. The molecule has 48 valence electrons. The van der Waals surface area contributed by atoms with Crippen molar-refractivity contribution in [1.82, 2.24) is 10.2 Å². The highest BCUT2D eigenvalue weighted by Gasteiger charge is 2.10. The molecule has 0 aliphatic heterocycles. The van der Waals surface area contributed by atoms with Crippen molar-refractivity contribution in [2.75, 3.05) is 0 Å². The summed E-state index contributed by atoms with van der Waals surface area (Å²) < 4.78 is 0. The molecule has 5 nitrogen and oxygen atoms in total. The lowest BCUT2D eigenvalue weighted by Gasteiger charge is -1.79. The first-order valence-corrected chi connectivity index (χ1v) is 2.96. The maximum atomic E-state index is 9.93. The van der Waals surface area contributed by atoms with Gasteiger partial charge in [-0.1, -0.05) is 0 Å². The predicted octanol–water partition coefficient (Wildman–Crippen LogP) is 0.755. The molecule has 0 aliphatic carbocycles. The van der Waals surface area contributed by atoms with Gasteiger partial charge in [-0.15, -0.1) is 0 Å². The van der Waals surface area contributed by atoms with E-state index in [0.717, 1.165) is 11.3 Å². The fraction of sp³-hybridized carbons (Fsp3) is 0.333. The van der Waals surface area contributed by atoms with Gasteiger partial charge in [0, 0.05) is 0 Å². The van der Waals surface area contributed by atoms with Gasteiger partial charge in [0.1, 0.15) is 5.01 Å². The van der Waals surface area contributed by atoms with E-state index in [2.05, 4.69) is 10.2 Å². The van der Waals surface area contributed by atoms with Gasteiger partial charge in [0.25, 0.3) is 0 Å². The SMILES string of the molecule is Cc1nnc([N+](=O)[O-])s1. The quantitative estimate of drug-likeness (QED) is 0.432. The molecule has 0 atom stereocenters. The van der Waals surface area contributed by atoms with E-state index in [1.807, 2.05) is 0 Å². The summed E-state index contributed by atoms with van der Waals surface area (Å²) >= 11 is 0.975. The lowest BCUT2D eigenvalue weighted by Crippen LogP contribution is -1.84. The molecule has 1 heterocycles. The van der Waals surface area contributed by atoms with E-state index in [1.165, 1.54) is 0 Å². The molecule has 0 unspecified atom stereocenters. The molecule has 0 aliphatic rings. The van der Waals surface area contributed by atoms with Crippen molar-refractivity contribution in [2.45, 2.75) is 6.92 Å². The number of hydrogen-bond donors (Lipinski definition) is 0. The number of hydrogen-bond acceptors (Lipinski definition) is 5. The summed E-state index contributed by atoms with van der Waals surface area (Å²) in [5.74, 6) is 0. The van der Waals surface area contributed by atoms with Crippen molar-refractivity contribution in [3.63, 3.8) is 0 Å². The lowest BCUT2D eigenvalue weighted by molar-refractivity contribution is -0.385. The maximum absolute atomic E-state index is 9.93. The molecule has 6 heteroatoms. The standard InChI is InChI=1S/C3H3N3O2S/c1-2-4-5-3(9-2)6(7)8/h1H3. The summed E-state index contributed by atoms with van der Waals surface area (Å²) in [6, 6.07) is 0. The molecule has 0 bridgehead atoms. The van der Waals surface area contributed by atoms with Crippen LogP contribution in [0.3, 0.4) is 0 Å². The topological polar surface area (TPSA) is 68.9 Å². The van der Waals surface area contributed by atoms with Crippen LogP contribution in [0.1, 0.15) is 5.01 Å².